The SMILES string of the molecule is CCC1c2ccsc2CCN1C(=O)NCc1ncc(C)c(OC)c1C. The van der Waals surface area contributed by atoms with Crippen LogP contribution in [0.25, 0.3) is 0 Å². The van der Waals surface area contributed by atoms with Crippen molar-refractivity contribution in [3.8, 4) is 5.75 Å². The fourth-order valence-electron chi connectivity index (χ4n) is 3.59. The van der Waals surface area contributed by atoms with Crippen molar-refractivity contribution in [1.29, 1.82) is 0 Å². The van der Waals surface area contributed by atoms with E-state index in [4.69, 9.17) is 4.74 Å². The summed E-state index contributed by atoms with van der Waals surface area (Å²) in [6.45, 7) is 7.26. The Balaban J connectivity index is 1.71. The van der Waals surface area contributed by atoms with Gasteiger partial charge in [0.25, 0.3) is 0 Å². The van der Waals surface area contributed by atoms with E-state index in [1.54, 1.807) is 24.6 Å². The lowest BCUT2D eigenvalue weighted by Gasteiger charge is -2.35. The number of methoxy groups -OCH3 is 1. The van der Waals surface area contributed by atoms with Crippen LogP contribution in [-0.2, 0) is 13.0 Å². The highest BCUT2D eigenvalue weighted by Crippen LogP contribution is 2.35. The lowest BCUT2D eigenvalue weighted by Crippen LogP contribution is -2.45. The summed E-state index contributed by atoms with van der Waals surface area (Å²) in [5.41, 5.74) is 4.13. The van der Waals surface area contributed by atoms with Crippen molar-refractivity contribution in [2.75, 3.05) is 13.7 Å². The maximum absolute atomic E-state index is 12.8. The zero-order valence-corrected chi connectivity index (χ0v) is 16.1. The molecule has 0 fully saturated rings. The number of carbonyl (C=O) groups is 1. The predicted molar refractivity (Wildman–Crippen MR) is 100 cm³/mol. The van der Waals surface area contributed by atoms with Gasteiger partial charge in [0.05, 0.1) is 25.4 Å². The van der Waals surface area contributed by atoms with Crippen LogP contribution in [0.3, 0.4) is 0 Å². The molecule has 0 aromatic carbocycles. The third-order valence-corrected chi connectivity index (χ3v) is 5.90. The Morgan fingerprint density at radius 1 is 1.48 bits per heavy atom. The molecule has 1 N–H and O–H groups in total. The number of nitrogens with one attached hydrogen (secondary N) is 1. The first-order valence-electron chi connectivity index (χ1n) is 8.66. The first kappa shape index (κ1) is 17.7. The highest BCUT2D eigenvalue weighted by atomic mass is 32.1. The number of urea groups is 1. The summed E-state index contributed by atoms with van der Waals surface area (Å²) in [6, 6.07) is 2.30. The molecule has 1 atom stereocenters. The van der Waals surface area contributed by atoms with Crippen molar-refractivity contribution < 1.29 is 9.53 Å². The minimum Gasteiger partial charge on any atom is -0.496 e. The number of aromatic nitrogens is 1. The number of aryl methyl sites for hydroxylation is 1. The van der Waals surface area contributed by atoms with Crippen molar-refractivity contribution >= 4 is 17.4 Å². The zero-order valence-electron chi connectivity index (χ0n) is 15.3. The van der Waals surface area contributed by atoms with Gasteiger partial charge in [0.15, 0.2) is 0 Å². The van der Waals surface area contributed by atoms with Crippen molar-refractivity contribution in [3.63, 3.8) is 0 Å². The minimum absolute atomic E-state index is 0.0237. The average Bonchev–Trinajstić information content (AvgIpc) is 3.09. The Bertz CT molecular complexity index is 772. The van der Waals surface area contributed by atoms with Gasteiger partial charge in [0.1, 0.15) is 5.75 Å². The van der Waals surface area contributed by atoms with Gasteiger partial charge in [-0.2, -0.15) is 0 Å². The molecular weight excluding hydrogens is 334 g/mol. The number of hydrogen-bond acceptors (Lipinski definition) is 4. The number of rotatable bonds is 4. The monoisotopic (exact) mass is 359 g/mol. The third-order valence-electron chi connectivity index (χ3n) is 4.90. The molecule has 0 radical (unpaired) electrons. The molecule has 2 aromatic rings. The van der Waals surface area contributed by atoms with Crippen LogP contribution >= 0.6 is 11.3 Å². The van der Waals surface area contributed by atoms with Crippen LogP contribution < -0.4 is 10.1 Å². The fraction of sp³-hybridized carbons (Fsp3) is 0.474. The first-order chi connectivity index (χ1) is 12.1. The Hall–Kier alpha value is -2.08. The predicted octanol–water partition coefficient (Wildman–Crippen LogP) is 3.99. The van der Waals surface area contributed by atoms with E-state index in [1.807, 2.05) is 18.7 Å². The molecule has 3 rings (SSSR count). The molecule has 3 heterocycles. The lowest BCUT2D eigenvalue weighted by atomic mass is 9.98. The minimum atomic E-state index is -0.0237. The Labute approximate surface area is 153 Å². The summed E-state index contributed by atoms with van der Waals surface area (Å²) in [5, 5.41) is 5.17. The summed E-state index contributed by atoms with van der Waals surface area (Å²) in [5.74, 6) is 0.839. The van der Waals surface area contributed by atoms with Crippen LogP contribution in [0, 0.1) is 13.8 Å². The molecule has 134 valence electrons. The summed E-state index contributed by atoms with van der Waals surface area (Å²) >= 11 is 1.79. The lowest BCUT2D eigenvalue weighted by molar-refractivity contribution is 0.167. The van der Waals surface area contributed by atoms with Crippen LogP contribution in [0.15, 0.2) is 17.6 Å². The van der Waals surface area contributed by atoms with E-state index in [-0.39, 0.29) is 12.1 Å². The van der Waals surface area contributed by atoms with E-state index in [9.17, 15) is 4.79 Å². The molecule has 1 aliphatic rings. The van der Waals surface area contributed by atoms with Crippen LogP contribution in [0.4, 0.5) is 4.79 Å². The van der Waals surface area contributed by atoms with Crippen molar-refractivity contribution in [2.45, 2.75) is 46.2 Å². The van der Waals surface area contributed by atoms with Crippen molar-refractivity contribution in [3.05, 3.63) is 44.9 Å². The quantitative estimate of drug-likeness (QED) is 0.898. The van der Waals surface area contributed by atoms with Crippen LogP contribution in [0.1, 0.15) is 46.6 Å². The number of pyridine rings is 1. The molecule has 5 nitrogen and oxygen atoms in total. The van der Waals surface area contributed by atoms with E-state index in [0.717, 1.165) is 42.0 Å². The number of carbonyl (C=O) groups excluding carboxylic acids is 1. The maximum Gasteiger partial charge on any atom is 0.318 e. The molecule has 6 heteroatoms. The molecule has 1 unspecified atom stereocenters. The van der Waals surface area contributed by atoms with Gasteiger partial charge in [-0.15, -0.1) is 11.3 Å². The Morgan fingerprint density at radius 3 is 3.00 bits per heavy atom. The second-order valence-corrected chi connectivity index (χ2v) is 7.37. The standard InChI is InChI=1S/C19H25N3O2S/c1-5-16-14-7-9-25-17(14)6-8-22(16)19(23)21-11-15-13(3)18(24-4)12(2)10-20-15/h7,9-10,16H,5-6,8,11H2,1-4H3,(H,21,23). The second kappa shape index (κ2) is 7.44. The summed E-state index contributed by atoms with van der Waals surface area (Å²) < 4.78 is 5.44. The number of fused-ring (bicyclic) bond motifs is 1. The van der Waals surface area contributed by atoms with Crippen LogP contribution in [0.5, 0.6) is 5.75 Å². The van der Waals surface area contributed by atoms with Gasteiger partial charge in [-0.05, 0) is 43.7 Å². The van der Waals surface area contributed by atoms with Gasteiger partial charge in [-0.3, -0.25) is 4.98 Å². The van der Waals surface area contributed by atoms with E-state index in [0.29, 0.717) is 6.54 Å². The van der Waals surface area contributed by atoms with E-state index < -0.39 is 0 Å². The van der Waals surface area contributed by atoms with E-state index in [2.05, 4.69) is 28.7 Å². The van der Waals surface area contributed by atoms with Crippen LogP contribution in [0.2, 0.25) is 0 Å². The van der Waals surface area contributed by atoms with Crippen molar-refractivity contribution in [2.24, 2.45) is 0 Å². The number of amides is 2. The van der Waals surface area contributed by atoms with Gasteiger partial charge in [-0.1, -0.05) is 6.92 Å². The topological polar surface area (TPSA) is 54.5 Å². The molecule has 0 bridgehead atoms. The average molecular weight is 359 g/mol. The second-order valence-electron chi connectivity index (χ2n) is 6.37. The van der Waals surface area contributed by atoms with Gasteiger partial charge in [0, 0.05) is 28.7 Å². The van der Waals surface area contributed by atoms with E-state index in [1.165, 1.54) is 10.4 Å². The molecule has 0 saturated heterocycles. The van der Waals surface area contributed by atoms with Gasteiger partial charge >= 0.3 is 6.03 Å². The highest BCUT2D eigenvalue weighted by molar-refractivity contribution is 7.10. The zero-order chi connectivity index (χ0) is 18.0. The molecular formula is C19H25N3O2S. The molecule has 0 spiro atoms. The van der Waals surface area contributed by atoms with Gasteiger partial charge in [-0.25, -0.2) is 4.79 Å². The normalized spacial score (nSPS) is 16.5. The number of nitrogens with zero attached hydrogens (tertiary/aromatic N) is 2. The number of thiophene rings is 1. The molecule has 0 saturated carbocycles. The van der Waals surface area contributed by atoms with Crippen LogP contribution in [-0.4, -0.2) is 29.6 Å². The molecule has 0 aliphatic carbocycles. The summed E-state index contributed by atoms with van der Waals surface area (Å²) in [6.07, 6.45) is 3.65. The fourth-order valence-corrected chi connectivity index (χ4v) is 4.52. The van der Waals surface area contributed by atoms with E-state index >= 15 is 0 Å². The third kappa shape index (κ3) is 3.35. The number of ether oxygens (including phenoxy) is 1. The summed E-state index contributed by atoms with van der Waals surface area (Å²) in [4.78, 5) is 20.6. The number of hydrogen-bond donors (Lipinski definition) is 1. The smallest absolute Gasteiger partial charge is 0.318 e. The first-order valence-corrected chi connectivity index (χ1v) is 9.54. The molecule has 2 amide bonds. The summed E-state index contributed by atoms with van der Waals surface area (Å²) in [7, 11) is 1.66. The molecule has 2 aromatic heterocycles. The Morgan fingerprint density at radius 2 is 2.28 bits per heavy atom. The maximum atomic E-state index is 12.8. The molecule has 1 aliphatic heterocycles. The largest absolute Gasteiger partial charge is 0.496 e. The van der Waals surface area contributed by atoms with Gasteiger partial charge < -0.3 is 15.0 Å². The highest BCUT2D eigenvalue weighted by Gasteiger charge is 2.30. The van der Waals surface area contributed by atoms with Gasteiger partial charge in [0.2, 0.25) is 0 Å². The van der Waals surface area contributed by atoms with Crippen molar-refractivity contribution in [1.82, 2.24) is 15.2 Å². The molecule has 25 heavy (non-hydrogen) atoms. The Kier molecular flexibility index (Phi) is 5.27.